The van der Waals surface area contributed by atoms with Gasteiger partial charge in [-0.05, 0) is 49.2 Å². The smallest absolute Gasteiger partial charge is 0.407 e. The molecule has 7 nitrogen and oxygen atoms in total. The summed E-state index contributed by atoms with van der Waals surface area (Å²) in [5, 5.41) is 15.0. The van der Waals surface area contributed by atoms with E-state index in [0.29, 0.717) is 29.8 Å². The third-order valence-electron chi connectivity index (χ3n) is 5.92. The number of halogens is 3. The van der Waals surface area contributed by atoms with Gasteiger partial charge in [0.25, 0.3) is 0 Å². The zero-order chi connectivity index (χ0) is 24.6. The highest BCUT2D eigenvalue weighted by Crippen LogP contribution is 2.38. The number of alkyl halides is 3. The second kappa shape index (κ2) is 9.44. The van der Waals surface area contributed by atoms with Gasteiger partial charge >= 0.3 is 12.1 Å². The molecule has 2 heterocycles. The van der Waals surface area contributed by atoms with Gasteiger partial charge in [0.1, 0.15) is 30.0 Å². The first-order valence-corrected chi connectivity index (χ1v) is 11.1. The Bertz CT molecular complexity index is 1170. The number of hydrogen-bond acceptors (Lipinski definition) is 6. The number of carbonyl (C=O) groups is 1. The van der Waals surface area contributed by atoms with Crippen molar-refractivity contribution in [2.24, 2.45) is 5.92 Å². The Kier molecular flexibility index (Phi) is 6.75. The average molecular weight is 479 g/mol. The first-order chi connectivity index (χ1) is 16.0. The molecule has 0 radical (unpaired) electrons. The highest BCUT2D eigenvalue weighted by Gasteiger charge is 2.43. The molecule has 3 aromatic rings. The fourth-order valence-corrected chi connectivity index (χ4v) is 4.17. The molecule has 0 amide bonds. The molecule has 34 heavy (non-hydrogen) atoms. The fourth-order valence-electron chi connectivity index (χ4n) is 4.17. The van der Waals surface area contributed by atoms with Crippen LogP contribution in [0.15, 0.2) is 40.8 Å². The molecule has 184 valence electrons. The van der Waals surface area contributed by atoms with Gasteiger partial charge in [0.2, 0.25) is 0 Å². The maximum atomic E-state index is 13.9. The number of carboxylic acids is 1. The van der Waals surface area contributed by atoms with Crippen LogP contribution in [0.1, 0.15) is 31.9 Å². The molecular weight excluding hydrogens is 451 g/mol. The van der Waals surface area contributed by atoms with Gasteiger partial charge in [-0.25, -0.2) is 0 Å². The average Bonchev–Trinajstić information content (AvgIpc) is 3.12. The minimum Gasteiger partial charge on any atom is -0.480 e. The molecule has 0 unspecified atom stereocenters. The Hall–Kier alpha value is -2.82. The lowest BCUT2D eigenvalue weighted by Gasteiger charge is -2.32. The Morgan fingerprint density at radius 2 is 1.88 bits per heavy atom. The second-order valence-corrected chi connectivity index (χ2v) is 9.14. The number of anilines is 1. The summed E-state index contributed by atoms with van der Waals surface area (Å²) in [6, 6.07) is 6.34. The van der Waals surface area contributed by atoms with Crippen LogP contribution in [0.5, 0.6) is 0 Å². The van der Waals surface area contributed by atoms with Crippen molar-refractivity contribution in [1.82, 2.24) is 10.2 Å². The number of nitrogens with one attached hydrogen (secondary N) is 1. The van der Waals surface area contributed by atoms with E-state index in [9.17, 15) is 23.1 Å². The van der Waals surface area contributed by atoms with Crippen molar-refractivity contribution in [3.63, 3.8) is 0 Å². The molecule has 1 aliphatic heterocycles. The third kappa shape index (κ3) is 5.13. The van der Waals surface area contributed by atoms with E-state index in [1.165, 1.54) is 12.1 Å². The molecule has 0 aliphatic carbocycles. The van der Waals surface area contributed by atoms with Gasteiger partial charge in [-0.2, -0.15) is 13.2 Å². The largest absolute Gasteiger partial charge is 0.480 e. The van der Waals surface area contributed by atoms with Crippen LogP contribution in [0.2, 0.25) is 0 Å². The molecule has 0 saturated carbocycles. The van der Waals surface area contributed by atoms with E-state index in [4.69, 9.17) is 9.25 Å². The van der Waals surface area contributed by atoms with Crippen molar-refractivity contribution >= 4 is 33.6 Å². The number of hydrogen-bond donors (Lipinski definition) is 2. The van der Waals surface area contributed by atoms with Gasteiger partial charge in [0.15, 0.2) is 0 Å². The third-order valence-corrected chi connectivity index (χ3v) is 5.92. The lowest BCUT2D eigenvalue weighted by Crippen LogP contribution is -2.45. The number of rotatable bonds is 7. The Balaban J connectivity index is 1.68. The van der Waals surface area contributed by atoms with Crippen LogP contribution in [0.25, 0.3) is 21.9 Å². The van der Waals surface area contributed by atoms with Crippen LogP contribution in [0.3, 0.4) is 0 Å². The SMILES string of the molecule is CC(C)C[C@H](N[C@@H](c1ccc2c(c1)oc1ccc(N3CCN(C)CO3)cc12)C(F)(F)F)C(=O)O. The van der Waals surface area contributed by atoms with Crippen LogP contribution < -0.4 is 10.4 Å². The molecule has 0 spiro atoms. The van der Waals surface area contributed by atoms with E-state index in [0.717, 1.165) is 17.6 Å². The van der Waals surface area contributed by atoms with Gasteiger partial charge in [0, 0.05) is 17.3 Å². The quantitative estimate of drug-likeness (QED) is 0.498. The van der Waals surface area contributed by atoms with Gasteiger partial charge in [-0.1, -0.05) is 26.0 Å². The number of furan rings is 1. The van der Waals surface area contributed by atoms with E-state index in [2.05, 4.69) is 5.32 Å². The summed E-state index contributed by atoms with van der Waals surface area (Å²) < 4.78 is 47.7. The predicted octanol–water partition coefficient (Wildman–Crippen LogP) is 4.92. The highest BCUT2D eigenvalue weighted by molar-refractivity contribution is 6.06. The normalized spacial score (nSPS) is 17.6. The van der Waals surface area contributed by atoms with Crippen molar-refractivity contribution in [3.05, 3.63) is 42.0 Å². The van der Waals surface area contributed by atoms with E-state index in [1.807, 2.05) is 24.1 Å². The van der Waals surface area contributed by atoms with Crippen molar-refractivity contribution in [2.75, 3.05) is 31.9 Å². The standard InChI is InChI=1S/C24H28F3N3O4/c1-14(2)10-19(23(31)32)28-22(24(25,26)27)15-4-6-17-18-12-16(30-9-8-29(3)13-33-30)5-7-20(18)34-21(17)11-15/h4-7,11-12,14,19,22,28H,8-10,13H2,1-3H3,(H,31,32)/t19-,22-/m0/s1. The van der Waals surface area contributed by atoms with Crippen LogP contribution in [-0.2, 0) is 9.63 Å². The van der Waals surface area contributed by atoms with Gasteiger partial charge < -0.3 is 9.52 Å². The Morgan fingerprint density at radius 1 is 1.12 bits per heavy atom. The first kappa shape index (κ1) is 24.3. The summed E-state index contributed by atoms with van der Waals surface area (Å²) >= 11 is 0. The zero-order valence-corrected chi connectivity index (χ0v) is 19.2. The Labute approximate surface area is 195 Å². The van der Waals surface area contributed by atoms with Crippen molar-refractivity contribution in [2.45, 2.75) is 38.5 Å². The van der Waals surface area contributed by atoms with E-state index in [-0.39, 0.29) is 17.9 Å². The van der Waals surface area contributed by atoms with Gasteiger partial charge in [-0.15, -0.1) is 0 Å². The lowest BCUT2D eigenvalue weighted by molar-refractivity contribution is -0.163. The molecule has 2 atom stereocenters. The van der Waals surface area contributed by atoms with Crippen molar-refractivity contribution in [1.29, 1.82) is 0 Å². The number of hydroxylamine groups is 1. The number of likely N-dealkylation sites (N-methyl/N-ethyl adjacent to an activating group) is 1. The summed E-state index contributed by atoms with van der Waals surface area (Å²) in [5.41, 5.74) is 1.58. The molecule has 4 rings (SSSR count). The number of nitrogens with zero attached hydrogens (tertiary/aromatic N) is 2. The number of benzene rings is 2. The predicted molar refractivity (Wildman–Crippen MR) is 122 cm³/mol. The monoisotopic (exact) mass is 479 g/mol. The van der Waals surface area contributed by atoms with Crippen molar-refractivity contribution < 1.29 is 32.3 Å². The molecule has 0 bridgehead atoms. The Morgan fingerprint density at radius 3 is 2.50 bits per heavy atom. The van der Waals surface area contributed by atoms with E-state index in [1.54, 1.807) is 31.0 Å². The van der Waals surface area contributed by atoms with Crippen molar-refractivity contribution in [3.8, 4) is 0 Å². The molecule has 10 heteroatoms. The lowest BCUT2D eigenvalue weighted by atomic mass is 9.99. The summed E-state index contributed by atoms with van der Waals surface area (Å²) in [5.74, 6) is -1.40. The molecule has 1 fully saturated rings. The summed E-state index contributed by atoms with van der Waals surface area (Å²) in [6.45, 7) is 5.52. The number of fused-ring (bicyclic) bond motifs is 3. The summed E-state index contributed by atoms with van der Waals surface area (Å²) in [7, 11) is 1.96. The summed E-state index contributed by atoms with van der Waals surface area (Å²) in [4.78, 5) is 19.4. The molecule has 1 aromatic heterocycles. The highest BCUT2D eigenvalue weighted by atomic mass is 19.4. The fraction of sp³-hybridized carbons (Fsp3) is 0.458. The maximum absolute atomic E-state index is 13.9. The maximum Gasteiger partial charge on any atom is 0.407 e. The number of aliphatic carboxylic acids is 1. The van der Waals surface area contributed by atoms with Crippen LogP contribution in [0, 0.1) is 5.92 Å². The van der Waals surface area contributed by atoms with Crippen LogP contribution in [-0.4, -0.2) is 55.1 Å². The van der Waals surface area contributed by atoms with Crippen LogP contribution >= 0.6 is 0 Å². The first-order valence-electron chi connectivity index (χ1n) is 11.1. The molecule has 2 N–H and O–H groups in total. The minimum absolute atomic E-state index is 0.0753. The molecule has 2 aromatic carbocycles. The van der Waals surface area contributed by atoms with E-state index < -0.39 is 24.2 Å². The second-order valence-electron chi connectivity index (χ2n) is 9.14. The summed E-state index contributed by atoms with van der Waals surface area (Å²) in [6.07, 6.45) is -4.61. The van der Waals surface area contributed by atoms with Crippen LogP contribution in [0.4, 0.5) is 18.9 Å². The molecular formula is C24H28F3N3O4. The number of carboxylic acid groups (broad SMARTS) is 1. The molecule has 1 aliphatic rings. The zero-order valence-electron chi connectivity index (χ0n) is 19.2. The minimum atomic E-state index is -4.68. The van der Waals surface area contributed by atoms with Gasteiger partial charge in [-0.3, -0.25) is 24.9 Å². The topological polar surface area (TPSA) is 78.2 Å². The van der Waals surface area contributed by atoms with Gasteiger partial charge in [0.05, 0.1) is 12.2 Å². The van der Waals surface area contributed by atoms with E-state index >= 15 is 0 Å². The molecule has 1 saturated heterocycles.